The Morgan fingerprint density at radius 2 is 2.05 bits per heavy atom. The van der Waals surface area contributed by atoms with Gasteiger partial charge in [0.05, 0.1) is 6.54 Å². The van der Waals surface area contributed by atoms with E-state index in [1.807, 2.05) is 6.92 Å². The maximum atomic E-state index is 11.9. The number of nitrogens with zero attached hydrogens (tertiary/aromatic N) is 2. The van der Waals surface area contributed by atoms with Crippen LogP contribution in [0, 0.1) is 5.92 Å². The zero-order chi connectivity index (χ0) is 15.4. The second kappa shape index (κ2) is 7.22. The van der Waals surface area contributed by atoms with Crippen LogP contribution >= 0.6 is 0 Å². The van der Waals surface area contributed by atoms with Gasteiger partial charge in [0.2, 0.25) is 11.8 Å². The molecule has 1 amide bonds. The third kappa shape index (κ3) is 4.29. The van der Waals surface area contributed by atoms with Crippen molar-refractivity contribution in [3.63, 3.8) is 0 Å². The highest BCUT2D eigenvalue weighted by atomic mass is 16.5. The van der Waals surface area contributed by atoms with Crippen LogP contribution in [0.5, 0.6) is 0 Å². The number of nitrogens with one attached hydrogen (secondary N) is 2. The number of aromatic nitrogens is 2. The molecule has 1 atom stereocenters. The number of carbonyl (C=O) groups excluding carboxylic acids is 1. The molecule has 6 nitrogen and oxygen atoms in total. The van der Waals surface area contributed by atoms with Crippen LogP contribution in [-0.2, 0) is 4.79 Å². The highest BCUT2D eigenvalue weighted by Crippen LogP contribution is 2.31. The molecule has 0 radical (unpaired) electrons. The zero-order valence-corrected chi connectivity index (χ0v) is 13.3. The molecule has 1 aromatic rings. The molecule has 1 heterocycles. The molecule has 2 fully saturated rings. The molecule has 22 heavy (non-hydrogen) atoms. The van der Waals surface area contributed by atoms with Crippen molar-refractivity contribution in [3.05, 3.63) is 11.7 Å². The van der Waals surface area contributed by atoms with Gasteiger partial charge < -0.3 is 15.2 Å². The highest BCUT2D eigenvalue weighted by molar-refractivity contribution is 5.78. The van der Waals surface area contributed by atoms with Gasteiger partial charge in [-0.25, -0.2) is 0 Å². The van der Waals surface area contributed by atoms with E-state index in [1.165, 1.54) is 32.1 Å². The fraction of sp³-hybridized carbons (Fsp3) is 0.812. The molecule has 0 spiro atoms. The quantitative estimate of drug-likeness (QED) is 0.808. The largest absolute Gasteiger partial charge is 0.343 e. The summed E-state index contributed by atoms with van der Waals surface area (Å²) in [6.07, 6.45) is 8.66. The molecule has 1 unspecified atom stereocenters. The molecule has 6 heteroatoms. The smallest absolute Gasteiger partial charge is 0.248 e. The summed E-state index contributed by atoms with van der Waals surface area (Å²) in [7, 11) is 0. The first-order chi connectivity index (χ1) is 10.7. The summed E-state index contributed by atoms with van der Waals surface area (Å²) in [5.41, 5.74) is 0. The molecule has 2 aliphatic rings. The van der Waals surface area contributed by atoms with Gasteiger partial charge in [-0.05, 0) is 45.1 Å². The molecule has 0 aliphatic heterocycles. The molecule has 2 aliphatic carbocycles. The van der Waals surface area contributed by atoms with Crippen LogP contribution in [0.2, 0.25) is 0 Å². The Morgan fingerprint density at radius 3 is 2.77 bits per heavy atom. The summed E-state index contributed by atoms with van der Waals surface area (Å²) in [4.78, 5) is 16.4. The van der Waals surface area contributed by atoms with Crippen LogP contribution < -0.4 is 10.6 Å². The second-order valence-electron chi connectivity index (χ2n) is 6.69. The lowest BCUT2D eigenvalue weighted by Gasteiger charge is -2.17. The van der Waals surface area contributed by atoms with Crippen molar-refractivity contribution in [2.24, 2.45) is 5.92 Å². The van der Waals surface area contributed by atoms with Crippen LogP contribution in [0.4, 0.5) is 0 Å². The van der Waals surface area contributed by atoms with Crippen molar-refractivity contribution >= 4 is 5.91 Å². The number of amides is 1. The Morgan fingerprint density at radius 1 is 1.27 bits per heavy atom. The number of carbonyl (C=O) groups is 1. The number of rotatable bonds is 7. The van der Waals surface area contributed by atoms with Crippen LogP contribution in [0.3, 0.4) is 0 Å². The predicted molar refractivity (Wildman–Crippen MR) is 82.3 cm³/mol. The Hall–Kier alpha value is -1.43. The molecule has 0 saturated heterocycles. The zero-order valence-electron chi connectivity index (χ0n) is 13.3. The van der Waals surface area contributed by atoms with Gasteiger partial charge in [-0.15, -0.1) is 0 Å². The van der Waals surface area contributed by atoms with Gasteiger partial charge in [-0.2, -0.15) is 4.98 Å². The SMILES string of the molecule is CC(NC(=O)CNCC1CC1)c1nc(C2CCCCC2)no1. The van der Waals surface area contributed by atoms with Gasteiger partial charge in [0, 0.05) is 5.92 Å². The van der Waals surface area contributed by atoms with Crippen molar-refractivity contribution in [2.45, 2.75) is 63.8 Å². The van der Waals surface area contributed by atoms with Crippen molar-refractivity contribution in [2.75, 3.05) is 13.1 Å². The average molecular weight is 306 g/mol. The number of hydrogen-bond acceptors (Lipinski definition) is 5. The Bertz CT molecular complexity index is 492. The molecule has 0 aromatic carbocycles. The minimum atomic E-state index is -0.236. The van der Waals surface area contributed by atoms with Crippen molar-refractivity contribution in [1.29, 1.82) is 0 Å². The van der Waals surface area contributed by atoms with E-state index in [-0.39, 0.29) is 11.9 Å². The van der Waals surface area contributed by atoms with E-state index in [0.717, 1.165) is 31.1 Å². The summed E-state index contributed by atoms with van der Waals surface area (Å²) >= 11 is 0. The first-order valence-electron chi connectivity index (χ1n) is 8.56. The van der Waals surface area contributed by atoms with Crippen LogP contribution in [-0.4, -0.2) is 29.1 Å². The van der Waals surface area contributed by atoms with Gasteiger partial charge in [-0.3, -0.25) is 4.79 Å². The molecule has 0 bridgehead atoms. The van der Waals surface area contributed by atoms with E-state index in [1.54, 1.807) is 0 Å². The lowest BCUT2D eigenvalue weighted by atomic mass is 9.89. The maximum Gasteiger partial charge on any atom is 0.248 e. The molecular weight excluding hydrogens is 280 g/mol. The van der Waals surface area contributed by atoms with E-state index < -0.39 is 0 Å². The average Bonchev–Trinajstić information content (AvgIpc) is 3.21. The van der Waals surface area contributed by atoms with Gasteiger partial charge in [0.25, 0.3) is 0 Å². The minimum Gasteiger partial charge on any atom is -0.343 e. The van der Waals surface area contributed by atoms with E-state index in [9.17, 15) is 4.79 Å². The Kier molecular flexibility index (Phi) is 5.08. The monoisotopic (exact) mass is 306 g/mol. The lowest BCUT2D eigenvalue weighted by molar-refractivity contribution is -0.121. The molecule has 2 saturated carbocycles. The van der Waals surface area contributed by atoms with Gasteiger partial charge in [0.1, 0.15) is 6.04 Å². The van der Waals surface area contributed by atoms with Crippen LogP contribution in [0.25, 0.3) is 0 Å². The van der Waals surface area contributed by atoms with E-state index in [4.69, 9.17) is 4.52 Å². The fourth-order valence-corrected chi connectivity index (χ4v) is 3.02. The normalized spacial score (nSPS) is 20.8. The first kappa shape index (κ1) is 15.5. The maximum absolute atomic E-state index is 11.9. The molecular formula is C16H26N4O2. The standard InChI is InChI=1S/C16H26N4O2/c1-11(18-14(21)10-17-9-12-7-8-12)16-19-15(20-22-16)13-5-3-2-4-6-13/h11-13,17H,2-10H2,1H3,(H,18,21). The van der Waals surface area contributed by atoms with Gasteiger partial charge in [-0.1, -0.05) is 24.4 Å². The predicted octanol–water partition coefficient (Wildman–Crippen LogP) is 2.29. The van der Waals surface area contributed by atoms with Crippen LogP contribution in [0.1, 0.15) is 75.5 Å². The fourth-order valence-electron chi connectivity index (χ4n) is 3.02. The molecule has 1 aromatic heterocycles. The Labute approximate surface area is 131 Å². The van der Waals surface area contributed by atoms with Gasteiger partial charge in [0.15, 0.2) is 5.82 Å². The second-order valence-corrected chi connectivity index (χ2v) is 6.69. The summed E-state index contributed by atoms with van der Waals surface area (Å²) < 4.78 is 5.34. The third-order valence-corrected chi connectivity index (χ3v) is 4.59. The lowest BCUT2D eigenvalue weighted by Crippen LogP contribution is -2.36. The van der Waals surface area contributed by atoms with Crippen LogP contribution in [0.15, 0.2) is 4.52 Å². The molecule has 2 N–H and O–H groups in total. The highest BCUT2D eigenvalue weighted by Gasteiger charge is 2.24. The summed E-state index contributed by atoms with van der Waals surface area (Å²) in [5.74, 6) is 2.50. The Balaban J connectivity index is 1.45. The summed E-state index contributed by atoms with van der Waals surface area (Å²) in [6.45, 7) is 3.18. The number of hydrogen-bond donors (Lipinski definition) is 2. The van der Waals surface area contributed by atoms with Gasteiger partial charge >= 0.3 is 0 Å². The minimum absolute atomic E-state index is 0.0226. The van der Waals surface area contributed by atoms with E-state index in [2.05, 4.69) is 20.8 Å². The summed E-state index contributed by atoms with van der Waals surface area (Å²) in [6, 6.07) is -0.236. The summed E-state index contributed by atoms with van der Waals surface area (Å²) in [5, 5.41) is 10.2. The van der Waals surface area contributed by atoms with Crippen molar-refractivity contribution in [3.8, 4) is 0 Å². The van der Waals surface area contributed by atoms with Crippen molar-refractivity contribution < 1.29 is 9.32 Å². The molecule has 122 valence electrons. The van der Waals surface area contributed by atoms with Crippen molar-refractivity contribution in [1.82, 2.24) is 20.8 Å². The molecule has 3 rings (SSSR count). The third-order valence-electron chi connectivity index (χ3n) is 4.59. The first-order valence-corrected chi connectivity index (χ1v) is 8.56. The van der Waals surface area contributed by atoms with E-state index >= 15 is 0 Å². The van der Waals surface area contributed by atoms with E-state index in [0.29, 0.717) is 18.4 Å². The topological polar surface area (TPSA) is 80.0 Å².